The second-order valence-electron chi connectivity index (χ2n) is 9.30. The molecule has 0 spiro atoms. The molecule has 1 aliphatic carbocycles. The highest BCUT2D eigenvalue weighted by atomic mass is 16.5. The molecular formula is C25H33NO3. The van der Waals surface area contributed by atoms with Gasteiger partial charge in [-0.25, -0.2) is 4.79 Å². The number of esters is 1. The van der Waals surface area contributed by atoms with Crippen LogP contribution in [0.4, 0.5) is 0 Å². The predicted octanol–water partition coefficient (Wildman–Crippen LogP) is 5.55. The fraction of sp³-hybridized carbons (Fsp3) is 0.560. The van der Waals surface area contributed by atoms with E-state index in [0.29, 0.717) is 24.3 Å². The lowest BCUT2D eigenvalue weighted by Gasteiger charge is -2.41. The summed E-state index contributed by atoms with van der Waals surface area (Å²) in [7, 11) is 0. The Kier molecular flexibility index (Phi) is 6.40. The van der Waals surface area contributed by atoms with Crippen LogP contribution in [-0.2, 0) is 14.3 Å². The summed E-state index contributed by atoms with van der Waals surface area (Å²) in [6.45, 7) is 10.7. The van der Waals surface area contributed by atoms with Gasteiger partial charge < -0.3 is 4.74 Å². The number of ketones is 1. The number of aliphatic imine (C=N–C) groups is 1. The molecule has 1 aromatic rings. The Morgan fingerprint density at radius 2 is 1.79 bits per heavy atom. The number of carbonyl (C=O) groups is 2. The van der Waals surface area contributed by atoms with Crippen LogP contribution in [0.25, 0.3) is 0 Å². The van der Waals surface area contributed by atoms with Crippen LogP contribution >= 0.6 is 0 Å². The van der Waals surface area contributed by atoms with Crippen LogP contribution < -0.4 is 0 Å². The molecule has 0 saturated heterocycles. The first-order valence-electron chi connectivity index (χ1n) is 10.8. The Hall–Kier alpha value is -2.23. The van der Waals surface area contributed by atoms with Crippen molar-refractivity contribution in [3.8, 4) is 0 Å². The van der Waals surface area contributed by atoms with Crippen molar-refractivity contribution in [3.05, 3.63) is 46.7 Å². The molecule has 3 rings (SSSR count). The quantitative estimate of drug-likeness (QED) is 0.469. The minimum atomic E-state index is -0.368. The van der Waals surface area contributed by atoms with Crippen molar-refractivity contribution in [2.45, 2.75) is 72.6 Å². The molecule has 29 heavy (non-hydrogen) atoms. The second kappa shape index (κ2) is 8.64. The number of carbonyl (C=O) groups excluding carboxylic acids is 2. The van der Waals surface area contributed by atoms with Crippen molar-refractivity contribution in [1.29, 1.82) is 0 Å². The minimum Gasteiger partial charge on any atom is -0.462 e. The van der Waals surface area contributed by atoms with Crippen LogP contribution in [0.5, 0.6) is 0 Å². The number of aryl methyl sites for hydroxylation is 1. The normalized spacial score (nSPS) is 23.5. The Morgan fingerprint density at radius 1 is 1.10 bits per heavy atom. The van der Waals surface area contributed by atoms with Gasteiger partial charge in [-0.05, 0) is 37.7 Å². The third-order valence-corrected chi connectivity index (χ3v) is 6.00. The average Bonchev–Trinajstić information content (AvgIpc) is 2.63. The third kappa shape index (κ3) is 4.68. The number of rotatable bonds is 6. The average molecular weight is 396 g/mol. The van der Waals surface area contributed by atoms with Crippen LogP contribution in [0.2, 0.25) is 0 Å². The number of Topliss-reactive ketones (excluding diaryl/α,β-unsaturated/α-hetero) is 1. The lowest BCUT2D eigenvalue weighted by molar-refractivity contribution is -0.139. The number of unbranched alkanes of at least 4 members (excludes halogenated alkanes) is 2. The van der Waals surface area contributed by atoms with E-state index < -0.39 is 0 Å². The summed E-state index contributed by atoms with van der Waals surface area (Å²) in [5.41, 5.74) is 4.19. The van der Waals surface area contributed by atoms with Gasteiger partial charge in [-0.3, -0.25) is 9.79 Å². The van der Waals surface area contributed by atoms with E-state index in [0.717, 1.165) is 42.5 Å². The largest absolute Gasteiger partial charge is 0.462 e. The SMILES string of the molecule is CCCCCOC(=O)C1=C(C)N=C2CC(C)(C)CC(=O)C2C1c1ccc(C)cc1. The topological polar surface area (TPSA) is 55.7 Å². The summed E-state index contributed by atoms with van der Waals surface area (Å²) in [5.74, 6) is -0.836. The molecule has 156 valence electrons. The molecule has 2 atom stereocenters. The highest BCUT2D eigenvalue weighted by Crippen LogP contribution is 2.46. The van der Waals surface area contributed by atoms with E-state index in [2.05, 4.69) is 20.8 Å². The van der Waals surface area contributed by atoms with E-state index in [9.17, 15) is 9.59 Å². The smallest absolute Gasteiger partial charge is 0.336 e. The number of nitrogens with zero attached hydrogens (tertiary/aromatic N) is 1. The maximum Gasteiger partial charge on any atom is 0.336 e. The molecule has 4 nitrogen and oxygen atoms in total. The minimum absolute atomic E-state index is 0.0946. The molecule has 0 bridgehead atoms. The zero-order valence-corrected chi connectivity index (χ0v) is 18.4. The number of ether oxygens (including phenoxy) is 1. The van der Waals surface area contributed by atoms with Crippen LogP contribution in [0.15, 0.2) is 40.5 Å². The highest BCUT2D eigenvalue weighted by Gasteiger charge is 2.47. The second-order valence-corrected chi connectivity index (χ2v) is 9.30. The van der Waals surface area contributed by atoms with Gasteiger partial charge in [-0.1, -0.05) is 63.4 Å². The van der Waals surface area contributed by atoms with Crippen LogP contribution in [-0.4, -0.2) is 24.1 Å². The van der Waals surface area contributed by atoms with Gasteiger partial charge in [0, 0.05) is 23.7 Å². The Bertz CT molecular complexity index is 845. The van der Waals surface area contributed by atoms with Crippen LogP contribution in [0.3, 0.4) is 0 Å². The fourth-order valence-electron chi connectivity index (χ4n) is 4.59. The summed E-state index contributed by atoms with van der Waals surface area (Å²) in [4.78, 5) is 31.0. The van der Waals surface area contributed by atoms with Gasteiger partial charge in [0.15, 0.2) is 0 Å². The first-order chi connectivity index (χ1) is 13.7. The van der Waals surface area contributed by atoms with Gasteiger partial charge in [0.25, 0.3) is 0 Å². The van der Waals surface area contributed by atoms with Crippen molar-refractivity contribution < 1.29 is 14.3 Å². The maximum absolute atomic E-state index is 13.2. The Balaban J connectivity index is 2.02. The van der Waals surface area contributed by atoms with Gasteiger partial charge in [0.2, 0.25) is 0 Å². The van der Waals surface area contributed by atoms with Gasteiger partial charge in [0.05, 0.1) is 18.1 Å². The van der Waals surface area contributed by atoms with E-state index in [-0.39, 0.29) is 29.0 Å². The molecule has 0 radical (unpaired) electrons. The number of hydrogen-bond donors (Lipinski definition) is 0. The Labute approximate surface area is 174 Å². The third-order valence-electron chi connectivity index (χ3n) is 6.00. The summed E-state index contributed by atoms with van der Waals surface area (Å²) in [5, 5.41) is 0. The standard InChI is InChI=1S/C25H33NO3/c1-6-7-8-13-29-24(28)21-17(3)26-19-14-25(4,5)15-20(27)23(19)22(21)18-11-9-16(2)10-12-18/h9-12,22-23H,6-8,13-15H2,1-5H3. The van der Waals surface area contributed by atoms with E-state index >= 15 is 0 Å². The van der Waals surface area contributed by atoms with Gasteiger partial charge >= 0.3 is 5.97 Å². The number of hydrogen-bond acceptors (Lipinski definition) is 4. The summed E-state index contributed by atoms with van der Waals surface area (Å²) >= 11 is 0. The first kappa shape index (κ1) is 21.5. The molecule has 1 aromatic carbocycles. The first-order valence-corrected chi connectivity index (χ1v) is 10.8. The van der Waals surface area contributed by atoms with Gasteiger partial charge in [0.1, 0.15) is 5.78 Å². The predicted molar refractivity (Wildman–Crippen MR) is 116 cm³/mol. The molecule has 1 saturated carbocycles. The fourth-order valence-corrected chi connectivity index (χ4v) is 4.59. The zero-order chi connectivity index (χ0) is 21.2. The Morgan fingerprint density at radius 3 is 2.45 bits per heavy atom. The molecular weight excluding hydrogens is 362 g/mol. The highest BCUT2D eigenvalue weighted by molar-refractivity contribution is 6.12. The number of fused-ring (bicyclic) bond motifs is 1. The van der Waals surface area contributed by atoms with E-state index in [1.165, 1.54) is 0 Å². The number of allylic oxidation sites excluding steroid dienone is 1. The van der Waals surface area contributed by atoms with E-state index in [1.807, 2.05) is 38.1 Å². The zero-order valence-electron chi connectivity index (χ0n) is 18.4. The van der Waals surface area contributed by atoms with E-state index in [1.54, 1.807) is 0 Å². The molecule has 0 aromatic heterocycles. The van der Waals surface area contributed by atoms with E-state index in [4.69, 9.17) is 9.73 Å². The molecule has 2 aliphatic rings. The van der Waals surface area contributed by atoms with Gasteiger partial charge in [-0.2, -0.15) is 0 Å². The number of benzene rings is 1. The monoisotopic (exact) mass is 395 g/mol. The summed E-state index contributed by atoms with van der Waals surface area (Å²) in [6, 6.07) is 8.15. The van der Waals surface area contributed by atoms with Gasteiger partial charge in [-0.15, -0.1) is 0 Å². The molecule has 0 amide bonds. The van der Waals surface area contributed by atoms with Crippen molar-refractivity contribution in [2.75, 3.05) is 6.61 Å². The summed E-state index contributed by atoms with van der Waals surface area (Å²) < 4.78 is 5.61. The molecule has 4 heteroatoms. The molecule has 0 N–H and O–H groups in total. The van der Waals surface area contributed by atoms with Crippen molar-refractivity contribution in [1.82, 2.24) is 0 Å². The van der Waals surface area contributed by atoms with Crippen molar-refractivity contribution >= 4 is 17.5 Å². The van der Waals surface area contributed by atoms with Crippen molar-refractivity contribution in [2.24, 2.45) is 16.3 Å². The van der Waals surface area contributed by atoms with Crippen molar-refractivity contribution in [3.63, 3.8) is 0 Å². The lowest BCUT2D eigenvalue weighted by Crippen LogP contribution is -2.44. The molecule has 1 fully saturated rings. The van der Waals surface area contributed by atoms with Crippen LogP contribution in [0.1, 0.15) is 76.8 Å². The molecule has 2 unspecified atom stereocenters. The van der Waals surface area contributed by atoms with Crippen LogP contribution in [0, 0.1) is 18.3 Å². The molecule has 1 aliphatic heterocycles. The lowest BCUT2D eigenvalue weighted by atomic mass is 9.63. The summed E-state index contributed by atoms with van der Waals surface area (Å²) in [6.07, 6.45) is 4.25. The molecule has 1 heterocycles. The maximum atomic E-state index is 13.2.